The van der Waals surface area contributed by atoms with Gasteiger partial charge in [0.1, 0.15) is 0 Å². The summed E-state index contributed by atoms with van der Waals surface area (Å²) in [5, 5.41) is 4.19. The maximum atomic E-state index is 12.2. The number of para-hydroxylation sites is 1. The molecule has 22 heavy (non-hydrogen) atoms. The molecular weight excluding hydrogens is 274 g/mol. The zero-order valence-corrected chi connectivity index (χ0v) is 13.0. The minimum absolute atomic E-state index is 0.0316. The van der Waals surface area contributed by atoms with Gasteiger partial charge in [0.25, 0.3) is 0 Å². The molecule has 1 amide bonds. The fourth-order valence-electron chi connectivity index (χ4n) is 3.40. The van der Waals surface area contributed by atoms with E-state index in [1.165, 1.54) is 32.1 Å². The molecule has 1 aliphatic carbocycles. The highest BCUT2D eigenvalue weighted by atomic mass is 16.2. The van der Waals surface area contributed by atoms with Crippen molar-refractivity contribution in [3.63, 3.8) is 0 Å². The number of fused-ring (bicyclic) bond motifs is 1. The van der Waals surface area contributed by atoms with Crippen LogP contribution in [0.1, 0.15) is 37.7 Å². The maximum Gasteiger partial charge on any atom is 0.237 e. The number of aromatic amines is 1. The molecule has 0 spiro atoms. The average Bonchev–Trinajstić information content (AvgIpc) is 2.97. The molecule has 0 bridgehead atoms. The highest BCUT2D eigenvalue weighted by Gasteiger charge is 2.18. The summed E-state index contributed by atoms with van der Waals surface area (Å²) < 4.78 is 0. The summed E-state index contributed by atoms with van der Waals surface area (Å²) in [5.74, 6) is 0.605. The van der Waals surface area contributed by atoms with Gasteiger partial charge in [-0.05, 0) is 36.8 Å². The first-order chi connectivity index (χ1) is 10.7. The monoisotopic (exact) mass is 299 g/mol. The van der Waals surface area contributed by atoms with Crippen LogP contribution in [-0.2, 0) is 11.2 Å². The minimum atomic E-state index is -0.484. The minimum Gasteiger partial charge on any atom is -0.361 e. The number of rotatable bonds is 5. The molecule has 0 radical (unpaired) electrons. The lowest BCUT2D eigenvalue weighted by molar-refractivity contribution is -0.122. The highest BCUT2D eigenvalue weighted by molar-refractivity contribution is 5.86. The van der Waals surface area contributed by atoms with Crippen LogP contribution < -0.4 is 11.1 Å². The predicted octanol–water partition coefficient (Wildman–Crippen LogP) is 2.73. The van der Waals surface area contributed by atoms with E-state index in [2.05, 4.69) is 16.4 Å². The van der Waals surface area contributed by atoms with Gasteiger partial charge in [0.2, 0.25) is 5.91 Å². The van der Waals surface area contributed by atoms with Gasteiger partial charge in [0.05, 0.1) is 6.04 Å². The molecule has 0 aliphatic heterocycles. The molecule has 4 N–H and O–H groups in total. The maximum absolute atomic E-state index is 12.2. The Hall–Kier alpha value is -1.81. The molecule has 1 saturated carbocycles. The highest BCUT2D eigenvalue weighted by Crippen LogP contribution is 2.23. The van der Waals surface area contributed by atoms with E-state index in [4.69, 9.17) is 5.73 Å². The third-order valence-corrected chi connectivity index (χ3v) is 4.74. The fraction of sp³-hybridized carbons (Fsp3) is 0.500. The molecule has 1 aliphatic rings. The van der Waals surface area contributed by atoms with Crippen molar-refractivity contribution in [2.75, 3.05) is 6.54 Å². The number of nitrogens with two attached hydrogens (primary N) is 1. The van der Waals surface area contributed by atoms with Gasteiger partial charge in [-0.3, -0.25) is 4.79 Å². The number of carbonyl (C=O) groups excluding carboxylic acids is 1. The van der Waals surface area contributed by atoms with Crippen molar-refractivity contribution in [1.82, 2.24) is 10.3 Å². The van der Waals surface area contributed by atoms with Crippen LogP contribution in [0.25, 0.3) is 10.9 Å². The standard InChI is InChI=1S/C18H25N3O/c19-16(18(22)21-11-13-6-2-1-3-7-13)10-14-12-20-17-9-5-4-8-15(14)17/h4-5,8-9,12-13,16,20H,1-3,6-7,10-11,19H2,(H,21,22)/t16-/m0/s1. The molecule has 118 valence electrons. The Kier molecular flexibility index (Phi) is 4.78. The van der Waals surface area contributed by atoms with Crippen LogP contribution in [0.4, 0.5) is 0 Å². The summed E-state index contributed by atoms with van der Waals surface area (Å²) in [4.78, 5) is 15.4. The number of aromatic nitrogens is 1. The lowest BCUT2D eigenvalue weighted by Crippen LogP contribution is -2.43. The van der Waals surface area contributed by atoms with Crippen LogP contribution in [0.15, 0.2) is 30.5 Å². The molecule has 1 fully saturated rings. The number of nitrogens with one attached hydrogen (secondary N) is 2. The van der Waals surface area contributed by atoms with Crippen LogP contribution >= 0.6 is 0 Å². The third-order valence-electron chi connectivity index (χ3n) is 4.74. The second-order valence-corrected chi connectivity index (χ2v) is 6.42. The van der Waals surface area contributed by atoms with Gasteiger partial charge in [0, 0.05) is 23.6 Å². The number of hydrogen-bond donors (Lipinski definition) is 3. The first-order valence-electron chi connectivity index (χ1n) is 8.32. The molecule has 0 unspecified atom stereocenters. The summed E-state index contributed by atoms with van der Waals surface area (Å²) in [7, 11) is 0. The fourth-order valence-corrected chi connectivity index (χ4v) is 3.40. The van der Waals surface area contributed by atoms with E-state index in [9.17, 15) is 4.79 Å². The van der Waals surface area contributed by atoms with Crippen molar-refractivity contribution >= 4 is 16.8 Å². The Morgan fingerprint density at radius 1 is 1.27 bits per heavy atom. The smallest absolute Gasteiger partial charge is 0.237 e. The summed E-state index contributed by atoms with van der Waals surface area (Å²) >= 11 is 0. The molecule has 4 nitrogen and oxygen atoms in total. The SMILES string of the molecule is N[C@@H](Cc1c[nH]c2ccccc12)C(=O)NCC1CCCCC1. The quantitative estimate of drug-likeness (QED) is 0.794. The number of carbonyl (C=O) groups is 1. The lowest BCUT2D eigenvalue weighted by Gasteiger charge is -2.22. The van der Waals surface area contributed by atoms with Gasteiger partial charge in [-0.25, -0.2) is 0 Å². The lowest BCUT2D eigenvalue weighted by atomic mass is 9.89. The molecule has 4 heteroatoms. The van der Waals surface area contributed by atoms with Crippen molar-refractivity contribution in [2.24, 2.45) is 11.7 Å². The summed E-state index contributed by atoms with van der Waals surface area (Å²) in [6.45, 7) is 0.778. The van der Waals surface area contributed by atoms with E-state index >= 15 is 0 Å². The average molecular weight is 299 g/mol. The molecular formula is C18H25N3O. The third kappa shape index (κ3) is 3.50. The van der Waals surface area contributed by atoms with Gasteiger partial charge >= 0.3 is 0 Å². The summed E-state index contributed by atoms with van der Waals surface area (Å²) in [6, 6.07) is 7.62. The van der Waals surface area contributed by atoms with Gasteiger partial charge in [-0.2, -0.15) is 0 Å². The number of H-pyrrole nitrogens is 1. The van der Waals surface area contributed by atoms with E-state index in [1.54, 1.807) is 0 Å². The summed E-state index contributed by atoms with van der Waals surface area (Å²) in [5.41, 5.74) is 8.29. The molecule has 3 rings (SSSR count). The van der Waals surface area contributed by atoms with E-state index in [1.807, 2.05) is 24.4 Å². The molecule has 1 aromatic heterocycles. The Labute approximate surface area is 131 Å². The van der Waals surface area contributed by atoms with Crippen molar-refractivity contribution in [1.29, 1.82) is 0 Å². The second kappa shape index (κ2) is 6.97. The molecule has 2 aromatic rings. The number of benzene rings is 1. The van der Waals surface area contributed by atoms with E-state index in [0.717, 1.165) is 23.0 Å². The van der Waals surface area contributed by atoms with Gasteiger partial charge < -0.3 is 16.0 Å². The van der Waals surface area contributed by atoms with Crippen molar-refractivity contribution in [3.8, 4) is 0 Å². The summed E-state index contributed by atoms with van der Waals surface area (Å²) in [6.07, 6.45) is 8.92. The van der Waals surface area contributed by atoms with Crippen LogP contribution in [0, 0.1) is 5.92 Å². The Morgan fingerprint density at radius 3 is 2.86 bits per heavy atom. The molecule has 1 aromatic carbocycles. The Balaban J connectivity index is 1.54. The molecule has 1 heterocycles. The van der Waals surface area contributed by atoms with E-state index in [-0.39, 0.29) is 5.91 Å². The van der Waals surface area contributed by atoms with Gasteiger partial charge in [-0.1, -0.05) is 37.5 Å². The number of amides is 1. The molecule has 1 atom stereocenters. The van der Waals surface area contributed by atoms with Crippen LogP contribution in [0.2, 0.25) is 0 Å². The first kappa shape index (κ1) is 15.1. The zero-order chi connectivity index (χ0) is 15.4. The number of hydrogen-bond acceptors (Lipinski definition) is 2. The zero-order valence-electron chi connectivity index (χ0n) is 13.0. The Morgan fingerprint density at radius 2 is 2.05 bits per heavy atom. The molecule has 0 saturated heterocycles. The van der Waals surface area contributed by atoms with Crippen molar-refractivity contribution < 1.29 is 4.79 Å². The van der Waals surface area contributed by atoms with Crippen LogP contribution in [-0.4, -0.2) is 23.5 Å². The van der Waals surface area contributed by atoms with Crippen LogP contribution in [0.3, 0.4) is 0 Å². The van der Waals surface area contributed by atoms with E-state index < -0.39 is 6.04 Å². The second-order valence-electron chi connectivity index (χ2n) is 6.42. The van der Waals surface area contributed by atoms with Crippen LogP contribution in [0.5, 0.6) is 0 Å². The predicted molar refractivity (Wildman–Crippen MR) is 89.6 cm³/mol. The largest absolute Gasteiger partial charge is 0.361 e. The Bertz CT molecular complexity index is 628. The topological polar surface area (TPSA) is 70.9 Å². The normalized spacial score (nSPS) is 17.5. The van der Waals surface area contributed by atoms with E-state index in [0.29, 0.717) is 12.3 Å². The van der Waals surface area contributed by atoms with Gasteiger partial charge in [0.15, 0.2) is 0 Å². The first-order valence-corrected chi connectivity index (χ1v) is 8.32. The van der Waals surface area contributed by atoms with Gasteiger partial charge in [-0.15, -0.1) is 0 Å². The van der Waals surface area contributed by atoms with Crippen molar-refractivity contribution in [3.05, 3.63) is 36.0 Å². The van der Waals surface area contributed by atoms with Crippen molar-refractivity contribution in [2.45, 2.75) is 44.6 Å².